The molecular formula is C35H60O6. The Bertz CT molecular complexity index is 918. The zero-order valence-electron chi connectivity index (χ0n) is 26.7. The lowest BCUT2D eigenvalue weighted by molar-refractivity contribution is -0.313. The van der Waals surface area contributed by atoms with Gasteiger partial charge in [-0.25, -0.2) is 0 Å². The van der Waals surface area contributed by atoms with Crippen LogP contribution in [0.15, 0.2) is 11.6 Å². The molecule has 0 aromatic rings. The van der Waals surface area contributed by atoms with Crippen molar-refractivity contribution in [3.63, 3.8) is 0 Å². The van der Waals surface area contributed by atoms with Crippen LogP contribution >= 0.6 is 0 Å². The average molecular weight is 577 g/mol. The topological polar surface area (TPSA) is 99.4 Å². The van der Waals surface area contributed by atoms with Gasteiger partial charge in [-0.2, -0.15) is 0 Å². The van der Waals surface area contributed by atoms with Gasteiger partial charge in [0, 0.05) is 0 Å². The molecule has 5 aliphatic rings. The van der Waals surface area contributed by atoms with Gasteiger partial charge in [-0.05, 0) is 110 Å². The molecule has 4 fully saturated rings. The van der Waals surface area contributed by atoms with Crippen molar-refractivity contribution in [2.24, 2.45) is 52.3 Å². The van der Waals surface area contributed by atoms with Crippen LogP contribution in [0.2, 0.25) is 0 Å². The maximum atomic E-state index is 10.5. The Morgan fingerprint density at radius 1 is 0.951 bits per heavy atom. The van der Waals surface area contributed by atoms with E-state index >= 15 is 0 Å². The fraction of sp³-hybridized carbons (Fsp3) is 0.943. The Morgan fingerprint density at radius 3 is 2.39 bits per heavy atom. The third kappa shape index (κ3) is 5.73. The fourth-order valence-electron chi connectivity index (χ4n) is 10.8. The van der Waals surface area contributed by atoms with E-state index in [1.54, 1.807) is 0 Å². The highest BCUT2D eigenvalue weighted by Crippen LogP contribution is 2.67. The maximum absolute atomic E-state index is 10.5. The number of hydrogen-bond donors (Lipinski definition) is 4. The first-order chi connectivity index (χ1) is 19.4. The zero-order valence-corrected chi connectivity index (χ0v) is 26.7. The van der Waals surface area contributed by atoms with E-state index < -0.39 is 37.3 Å². The Balaban J connectivity index is 1.24. The molecule has 1 heterocycles. The van der Waals surface area contributed by atoms with Gasteiger partial charge < -0.3 is 29.9 Å². The first kappa shape index (κ1) is 31.9. The molecule has 14 atom stereocenters. The smallest absolute Gasteiger partial charge is 0.186 e. The molecule has 0 radical (unpaired) electrons. The highest BCUT2D eigenvalue weighted by molar-refractivity contribution is 5.25. The quantitative estimate of drug-likeness (QED) is 0.257. The maximum Gasteiger partial charge on any atom is 0.186 e. The Morgan fingerprint density at radius 2 is 1.71 bits per heavy atom. The predicted octanol–water partition coefficient (Wildman–Crippen LogP) is 5.85. The summed E-state index contributed by atoms with van der Waals surface area (Å²) in [7, 11) is 0. The van der Waals surface area contributed by atoms with Gasteiger partial charge in [0.1, 0.15) is 24.4 Å². The molecule has 41 heavy (non-hydrogen) atoms. The number of hydrogen-bond acceptors (Lipinski definition) is 6. The molecule has 4 aliphatic carbocycles. The Kier molecular flexibility index (Phi) is 9.71. The third-order valence-electron chi connectivity index (χ3n) is 13.5. The van der Waals surface area contributed by atoms with E-state index in [1.165, 1.54) is 56.9 Å². The third-order valence-corrected chi connectivity index (χ3v) is 13.5. The lowest BCUT2D eigenvalue weighted by Gasteiger charge is -2.58. The van der Waals surface area contributed by atoms with Crippen LogP contribution in [0.1, 0.15) is 112 Å². The van der Waals surface area contributed by atoms with Gasteiger partial charge in [0.2, 0.25) is 0 Å². The van der Waals surface area contributed by atoms with Gasteiger partial charge in [0.15, 0.2) is 6.29 Å². The molecule has 4 N–H and O–H groups in total. The zero-order chi connectivity index (χ0) is 29.7. The first-order valence-corrected chi connectivity index (χ1v) is 17.1. The standard InChI is InChI=1S/C35H60O6/c1-7-22(20(2)3)9-8-21(4)26-12-13-27-25-11-10-23-18-24(14-16-34(23,5)28(25)15-17-35(26,27)6)40-33-32(39)31(38)30(37)29(19-36)41-33/h10,20-22,24-33,36-39H,7-9,11-19H2,1-6H3/t21-,22-,24+,25+,26-,27+,28+,29+,30-,31-,32-,33+,34+,35-/m1/s1. The summed E-state index contributed by atoms with van der Waals surface area (Å²) < 4.78 is 11.9. The molecule has 0 amide bonds. The lowest BCUT2D eigenvalue weighted by atomic mass is 9.47. The summed E-state index contributed by atoms with van der Waals surface area (Å²) in [6, 6.07) is 0. The summed E-state index contributed by atoms with van der Waals surface area (Å²) in [5, 5.41) is 40.4. The molecule has 1 saturated heterocycles. The van der Waals surface area contributed by atoms with Crippen molar-refractivity contribution < 1.29 is 29.9 Å². The summed E-state index contributed by atoms with van der Waals surface area (Å²) in [6.45, 7) is 14.5. The van der Waals surface area contributed by atoms with Gasteiger partial charge in [0.25, 0.3) is 0 Å². The van der Waals surface area contributed by atoms with Crippen LogP contribution in [0.3, 0.4) is 0 Å². The molecular weight excluding hydrogens is 516 g/mol. The second kappa shape index (κ2) is 12.5. The van der Waals surface area contributed by atoms with Gasteiger partial charge in [0.05, 0.1) is 12.7 Å². The van der Waals surface area contributed by atoms with Crippen LogP contribution in [-0.4, -0.2) is 63.8 Å². The van der Waals surface area contributed by atoms with Crippen molar-refractivity contribution in [3.05, 3.63) is 11.6 Å². The minimum absolute atomic E-state index is 0.101. The van der Waals surface area contributed by atoms with Gasteiger partial charge >= 0.3 is 0 Å². The van der Waals surface area contributed by atoms with Crippen LogP contribution in [0, 0.1) is 52.3 Å². The SMILES string of the molecule is CC[C@H](CC[C@@H](C)[C@H]1CC[C@H]2[C@@H]3CC=C4C[C@@H](O[C@H]5O[C@@H](CO)[C@@H](O)[C@@H](O)[C@H]5O)CC[C@]4(C)[C@H]3CC[C@]12C)C(C)C. The van der Waals surface area contributed by atoms with Crippen LogP contribution in [0.25, 0.3) is 0 Å². The van der Waals surface area contributed by atoms with E-state index in [2.05, 4.69) is 47.6 Å². The van der Waals surface area contributed by atoms with E-state index in [0.29, 0.717) is 5.41 Å². The number of rotatable bonds is 9. The molecule has 0 spiro atoms. The lowest BCUT2D eigenvalue weighted by Crippen LogP contribution is -2.60. The first-order valence-electron chi connectivity index (χ1n) is 17.1. The van der Waals surface area contributed by atoms with Gasteiger partial charge in [-0.3, -0.25) is 0 Å². The summed E-state index contributed by atoms with van der Waals surface area (Å²) in [5.74, 6) is 5.66. The van der Waals surface area contributed by atoms with Crippen molar-refractivity contribution in [1.29, 1.82) is 0 Å². The molecule has 6 heteroatoms. The van der Waals surface area contributed by atoms with Crippen molar-refractivity contribution in [1.82, 2.24) is 0 Å². The van der Waals surface area contributed by atoms with Crippen LogP contribution in [-0.2, 0) is 9.47 Å². The fourth-order valence-corrected chi connectivity index (χ4v) is 10.8. The minimum Gasteiger partial charge on any atom is -0.394 e. The normalized spacial score (nSPS) is 47.7. The molecule has 5 rings (SSSR count). The number of ether oxygens (including phenoxy) is 2. The number of fused-ring (bicyclic) bond motifs is 5. The Hall–Kier alpha value is -0.500. The highest BCUT2D eigenvalue weighted by Gasteiger charge is 2.59. The molecule has 6 nitrogen and oxygen atoms in total. The van der Waals surface area contributed by atoms with Crippen LogP contribution in [0.4, 0.5) is 0 Å². The highest BCUT2D eigenvalue weighted by atomic mass is 16.7. The van der Waals surface area contributed by atoms with Crippen molar-refractivity contribution in [2.45, 2.75) is 149 Å². The summed E-state index contributed by atoms with van der Waals surface area (Å²) in [5.41, 5.74) is 2.19. The monoisotopic (exact) mass is 576 g/mol. The summed E-state index contributed by atoms with van der Waals surface area (Å²) in [6.07, 6.45) is 9.92. The van der Waals surface area contributed by atoms with Gasteiger partial charge in [-0.1, -0.05) is 66.0 Å². The summed E-state index contributed by atoms with van der Waals surface area (Å²) >= 11 is 0. The van der Waals surface area contributed by atoms with E-state index in [1.807, 2.05) is 0 Å². The van der Waals surface area contributed by atoms with E-state index in [0.717, 1.165) is 60.7 Å². The molecule has 236 valence electrons. The molecule has 0 aromatic heterocycles. The molecule has 0 aromatic carbocycles. The van der Waals surface area contributed by atoms with Gasteiger partial charge in [-0.15, -0.1) is 0 Å². The van der Waals surface area contributed by atoms with Crippen molar-refractivity contribution in [3.8, 4) is 0 Å². The van der Waals surface area contributed by atoms with Crippen molar-refractivity contribution >= 4 is 0 Å². The largest absolute Gasteiger partial charge is 0.394 e. The van der Waals surface area contributed by atoms with Crippen LogP contribution < -0.4 is 0 Å². The molecule has 1 aliphatic heterocycles. The Labute approximate surface area is 249 Å². The second-order valence-electron chi connectivity index (χ2n) is 15.7. The minimum atomic E-state index is -1.40. The molecule has 3 saturated carbocycles. The van der Waals surface area contributed by atoms with Crippen LogP contribution in [0.5, 0.6) is 0 Å². The number of aliphatic hydroxyl groups excluding tert-OH is 4. The van der Waals surface area contributed by atoms with E-state index in [-0.39, 0.29) is 11.5 Å². The second-order valence-corrected chi connectivity index (χ2v) is 15.7. The van der Waals surface area contributed by atoms with E-state index in [4.69, 9.17) is 9.47 Å². The number of aliphatic hydroxyl groups is 4. The molecule has 0 bridgehead atoms. The molecule has 0 unspecified atom stereocenters. The average Bonchev–Trinajstić information content (AvgIpc) is 3.30. The van der Waals surface area contributed by atoms with E-state index in [9.17, 15) is 20.4 Å². The number of allylic oxidation sites excluding steroid dienone is 1. The predicted molar refractivity (Wildman–Crippen MR) is 161 cm³/mol. The summed E-state index contributed by atoms with van der Waals surface area (Å²) in [4.78, 5) is 0. The van der Waals surface area contributed by atoms with Crippen molar-refractivity contribution in [2.75, 3.05) is 6.61 Å².